The molecule has 0 bridgehead atoms. The highest BCUT2D eigenvalue weighted by atomic mass is 16.5. The number of nitrogens with zero attached hydrogens (tertiary/aromatic N) is 2. The molecule has 0 saturated carbocycles. The predicted octanol–water partition coefficient (Wildman–Crippen LogP) is 5.84. The Hall–Kier alpha value is -2.34. The fourth-order valence-electron chi connectivity index (χ4n) is 2.92. The summed E-state index contributed by atoms with van der Waals surface area (Å²) in [5, 5.41) is 0. The monoisotopic (exact) mass is 350 g/mol. The maximum Gasteiger partial charge on any atom is 0.159 e. The molecule has 3 heteroatoms. The van der Waals surface area contributed by atoms with Gasteiger partial charge < -0.3 is 4.74 Å². The first-order valence-electron chi connectivity index (χ1n) is 9.81. The fourth-order valence-corrected chi connectivity index (χ4v) is 2.92. The van der Waals surface area contributed by atoms with Crippen LogP contribution >= 0.6 is 0 Å². The zero-order chi connectivity index (χ0) is 18.5. The van der Waals surface area contributed by atoms with Crippen LogP contribution in [0, 0.1) is 12.3 Å². The van der Waals surface area contributed by atoms with Gasteiger partial charge >= 0.3 is 0 Å². The molecule has 0 unspecified atom stereocenters. The van der Waals surface area contributed by atoms with Crippen molar-refractivity contribution in [1.82, 2.24) is 9.97 Å². The van der Waals surface area contributed by atoms with Gasteiger partial charge in [-0.25, -0.2) is 9.97 Å². The molecule has 0 aliphatic carbocycles. The summed E-state index contributed by atoms with van der Waals surface area (Å²) in [5.41, 5.74) is 2.20. The van der Waals surface area contributed by atoms with E-state index in [-0.39, 0.29) is 6.61 Å². The third-order valence-electron chi connectivity index (χ3n) is 4.46. The minimum atomic E-state index is 0.281. The summed E-state index contributed by atoms with van der Waals surface area (Å²) in [5.74, 6) is 3.96. The molecule has 0 fully saturated rings. The van der Waals surface area contributed by atoms with E-state index < -0.39 is 0 Å². The Balaban J connectivity index is 1.71. The normalized spacial score (nSPS) is 10.5. The molecule has 0 saturated heterocycles. The van der Waals surface area contributed by atoms with Crippen molar-refractivity contribution in [2.45, 2.75) is 64.7 Å². The van der Waals surface area contributed by atoms with E-state index in [1.807, 2.05) is 36.7 Å². The largest absolute Gasteiger partial charge is 0.481 e. The highest BCUT2D eigenvalue weighted by Gasteiger charge is 2.03. The summed E-state index contributed by atoms with van der Waals surface area (Å²) in [6.07, 6.45) is 20.9. The van der Waals surface area contributed by atoms with Crippen LogP contribution in [0.3, 0.4) is 0 Å². The van der Waals surface area contributed by atoms with Crippen LogP contribution in [-0.4, -0.2) is 16.6 Å². The maximum atomic E-state index is 5.38. The number of benzene rings is 1. The minimum Gasteiger partial charge on any atom is -0.481 e. The molecular formula is C23H30N2O. The van der Waals surface area contributed by atoms with E-state index >= 15 is 0 Å². The molecule has 2 rings (SSSR count). The molecule has 1 heterocycles. The van der Waals surface area contributed by atoms with Gasteiger partial charge in [0.15, 0.2) is 5.82 Å². The molecule has 0 radical (unpaired) electrons. The second kappa shape index (κ2) is 12.1. The van der Waals surface area contributed by atoms with Crippen LogP contribution in [0.4, 0.5) is 0 Å². The lowest BCUT2D eigenvalue weighted by molar-refractivity contribution is 0.370. The Morgan fingerprint density at radius 1 is 0.885 bits per heavy atom. The van der Waals surface area contributed by atoms with Crippen LogP contribution < -0.4 is 4.74 Å². The van der Waals surface area contributed by atoms with E-state index in [2.05, 4.69) is 22.8 Å². The third-order valence-corrected chi connectivity index (χ3v) is 4.46. The van der Waals surface area contributed by atoms with Gasteiger partial charge in [0, 0.05) is 18.0 Å². The van der Waals surface area contributed by atoms with Crippen molar-refractivity contribution in [3.8, 4) is 29.5 Å². The summed E-state index contributed by atoms with van der Waals surface area (Å²) >= 11 is 0. The van der Waals surface area contributed by atoms with Crippen molar-refractivity contribution in [3.05, 3.63) is 42.2 Å². The molecule has 1 aromatic heterocycles. The van der Waals surface area contributed by atoms with Crippen LogP contribution in [0.5, 0.6) is 5.75 Å². The summed E-state index contributed by atoms with van der Waals surface area (Å²) in [7, 11) is 0. The number of unbranched alkanes of at least 4 members (excludes halogenated alkanes) is 7. The predicted molar refractivity (Wildman–Crippen MR) is 108 cm³/mol. The molecule has 3 nitrogen and oxygen atoms in total. The second-order valence-electron chi connectivity index (χ2n) is 6.66. The van der Waals surface area contributed by atoms with Crippen LogP contribution in [0.1, 0.15) is 63.9 Å². The number of rotatable bonds is 12. The smallest absolute Gasteiger partial charge is 0.159 e. The Morgan fingerprint density at radius 3 is 2.12 bits per heavy atom. The number of terminal acetylenes is 1. The highest BCUT2D eigenvalue weighted by Crippen LogP contribution is 2.19. The Morgan fingerprint density at radius 2 is 1.50 bits per heavy atom. The standard InChI is InChI=1S/C23H30N2O/c1-3-5-6-7-8-9-10-11-12-20-18-24-23(25-19-20)21-13-15-22(16-14-21)26-17-4-2/h2,13-16,18-19H,3,5-12,17H2,1H3. The SMILES string of the molecule is C#CCOc1ccc(-c2ncc(CCCCCCCCCC)cn2)cc1. The van der Waals surface area contributed by atoms with Gasteiger partial charge in [0.1, 0.15) is 12.4 Å². The van der Waals surface area contributed by atoms with Crippen molar-refractivity contribution in [2.24, 2.45) is 0 Å². The fraction of sp³-hybridized carbons (Fsp3) is 0.478. The van der Waals surface area contributed by atoms with E-state index in [0.717, 1.165) is 23.6 Å². The maximum absolute atomic E-state index is 5.38. The topological polar surface area (TPSA) is 35.0 Å². The van der Waals surface area contributed by atoms with Crippen molar-refractivity contribution in [3.63, 3.8) is 0 Å². The van der Waals surface area contributed by atoms with Crippen LogP contribution in [0.15, 0.2) is 36.7 Å². The number of aryl methyl sites for hydroxylation is 1. The molecular weight excluding hydrogens is 320 g/mol. The van der Waals surface area contributed by atoms with E-state index in [1.54, 1.807) is 0 Å². The molecule has 138 valence electrons. The first-order valence-corrected chi connectivity index (χ1v) is 9.81. The first-order chi connectivity index (χ1) is 12.8. The zero-order valence-corrected chi connectivity index (χ0v) is 15.9. The average Bonchev–Trinajstić information content (AvgIpc) is 2.69. The van der Waals surface area contributed by atoms with Gasteiger partial charge in [-0.05, 0) is 42.7 Å². The molecule has 0 aliphatic heterocycles. The van der Waals surface area contributed by atoms with Gasteiger partial charge in [-0.15, -0.1) is 6.42 Å². The Bertz CT molecular complexity index is 656. The molecule has 0 N–H and O–H groups in total. The van der Waals surface area contributed by atoms with Gasteiger partial charge in [0.2, 0.25) is 0 Å². The lowest BCUT2D eigenvalue weighted by Gasteiger charge is -2.05. The summed E-state index contributed by atoms with van der Waals surface area (Å²) in [6, 6.07) is 7.70. The van der Waals surface area contributed by atoms with Gasteiger partial charge in [0.25, 0.3) is 0 Å². The number of aromatic nitrogens is 2. The molecule has 0 aliphatic rings. The lowest BCUT2D eigenvalue weighted by Crippen LogP contribution is -1.95. The van der Waals surface area contributed by atoms with E-state index in [1.165, 1.54) is 56.9 Å². The van der Waals surface area contributed by atoms with Crippen molar-refractivity contribution >= 4 is 0 Å². The first kappa shape index (κ1) is 20.0. The molecule has 0 spiro atoms. The molecule has 0 atom stereocenters. The number of hydrogen-bond acceptors (Lipinski definition) is 3. The van der Waals surface area contributed by atoms with Gasteiger partial charge in [-0.1, -0.05) is 57.8 Å². The van der Waals surface area contributed by atoms with Crippen LogP contribution in [0.25, 0.3) is 11.4 Å². The molecule has 0 amide bonds. The molecule has 1 aromatic carbocycles. The Labute approximate surface area is 158 Å². The van der Waals surface area contributed by atoms with E-state index in [0.29, 0.717) is 0 Å². The van der Waals surface area contributed by atoms with Gasteiger partial charge in [-0.3, -0.25) is 0 Å². The minimum absolute atomic E-state index is 0.281. The quantitative estimate of drug-likeness (QED) is 0.356. The van der Waals surface area contributed by atoms with Crippen molar-refractivity contribution in [1.29, 1.82) is 0 Å². The van der Waals surface area contributed by atoms with Gasteiger partial charge in [0.05, 0.1) is 0 Å². The summed E-state index contributed by atoms with van der Waals surface area (Å²) in [4.78, 5) is 9.01. The zero-order valence-electron chi connectivity index (χ0n) is 15.9. The van der Waals surface area contributed by atoms with Crippen molar-refractivity contribution in [2.75, 3.05) is 6.61 Å². The van der Waals surface area contributed by atoms with Crippen LogP contribution in [0.2, 0.25) is 0 Å². The van der Waals surface area contributed by atoms with Crippen LogP contribution in [-0.2, 0) is 6.42 Å². The summed E-state index contributed by atoms with van der Waals surface area (Å²) < 4.78 is 5.38. The van der Waals surface area contributed by atoms with E-state index in [4.69, 9.17) is 11.2 Å². The molecule has 2 aromatic rings. The highest BCUT2D eigenvalue weighted by molar-refractivity contribution is 5.55. The number of ether oxygens (including phenoxy) is 1. The molecule has 26 heavy (non-hydrogen) atoms. The summed E-state index contributed by atoms with van der Waals surface area (Å²) in [6.45, 7) is 2.54. The second-order valence-corrected chi connectivity index (χ2v) is 6.66. The third kappa shape index (κ3) is 7.27. The van der Waals surface area contributed by atoms with E-state index in [9.17, 15) is 0 Å². The number of hydrogen-bond donors (Lipinski definition) is 0. The van der Waals surface area contributed by atoms with Gasteiger partial charge in [-0.2, -0.15) is 0 Å². The average molecular weight is 351 g/mol. The van der Waals surface area contributed by atoms with Crippen molar-refractivity contribution < 1.29 is 4.74 Å². The lowest BCUT2D eigenvalue weighted by atomic mass is 10.1. The Kier molecular flexibility index (Phi) is 9.29.